The Morgan fingerprint density at radius 3 is 2.33 bits per heavy atom. The summed E-state index contributed by atoms with van der Waals surface area (Å²) in [6.07, 6.45) is 2.45. The van der Waals surface area contributed by atoms with Crippen LogP contribution >= 0.6 is 0 Å². The van der Waals surface area contributed by atoms with Gasteiger partial charge in [0.1, 0.15) is 6.04 Å². The van der Waals surface area contributed by atoms with E-state index in [0.717, 1.165) is 18.7 Å². The van der Waals surface area contributed by atoms with E-state index in [0.29, 0.717) is 5.41 Å². The highest BCUT2D eigenvalue weighted by atomic mass is 15.2. The third-order valence-corrected chi connectivity index (χ3v) is 4.46. The molecule has 3 nitrogen and oxygen atoms in total. The fourth-order valence-corrected chi connectivity index (χ4v) is 3.09. The normalized spacial score (nSPS) is 24.2. The van der Waals surface area contributed by atoms with E-state index in [4.69, 9.17) is 0 Å². The standard InChI is InChI=1S/C15H19N3/c16-10-14(13-4-2-1-3-5-13)18-8-6-15(7-9-18)11-17-12-15/h1-5,14,17H,6-9,11-12H2. The Morgan fingerprint density at radius 1 is 1.17 bits per heavy atom. The highest BCUT2D eigenvalue weighted by Gasteiger charge is 2.40. The molecule has 0 aliphatic carbocycles. The lowest BCUT2D eigenvalue weighted by molar-refractivity contribution is 0.0447. The van der Waals surface area contributed by atoms with Crippen LogP contribution in [0.15, 0.2) is 30.3 Å². The van der Waals surface area contributed by atoms with E-state index in [2.05, 4.69) is 28.4 Å². The number of nitrogens with zero attached hydrogens (tertiary/aromatic N) is 2. The molecule has 3 heteroatoms. The topological polar surface area (TPSA) is 39.1 Å². The number of rotatable bonds is 2. The van der Waals surface area contributed by atoms with Gasteiger partial charge in [-0.15, -0.1) is 0 Å². The Hall–Kier alpha value is -1.37. The molecule has 0 saturated carbocycles. The average Bonchev–Trinajstić information content (AvgIpc) is 2.40. The lowest BCUT2D eigenvalue weighted by Gasteiger charge is -2.49. The van der Waals surface area contributed by atoms with Gasteiger partial charge < -0.3 is 5.32 Å². The molecule has 94 valence electrons. The lowest BCUT2D eigenvalue weighted by Crippen LogP contribution is -2.58. The number of hydrogen-bond acceptors (Lipinski definition) is 3. The van der Waals surface area contributed by atoms with Crippen LogP contribution in [-0.4, -0.2) is 31.1 Å². The molecule has 1 N–H and O–H groups in total. The van der Waals surface area contributed by atoms with Crippen molar-refractivity contribution in [2.45, 2.75) is 18.9 Å². The van der Waals surface area contributed by atoms with Gasteiger partial charge in [-0.1, -0.05) is 30.3 Å². The Morgan fingerprint density at radius 2 is 1.83 bits per heavy atom. The van der Waals surface area contributed by atoms with Crippen molar-refractivity contribution in [2.24, 2.45) is 5.41 Å². The highest BCUT2D eigenvalue weighted by Crippen LogP contribution is 2.37. The van der Waals surface area contributed by atoms with Gasteiger partial charge in [-0.25, -0.2) is 0 Å². The Labute approximate surface area is 108 Å². The third-order valence-electron chi connectivity index (χ3n) is 4.46. The first-order chi connectivity index (χ1) is 8.83. The summed E-state index contributed by atoms with van der Waals surface area (Å²) >= 11 is 0. The Kier molecular flexibility index (Phi) is 3.07. The van der Waals surface area contributed by atoms with Crippen molar-refractivity contribution >= 4 is 0 Å². The zero-order valence-electron chi connectivity index (χ0n) is 10.6. The molecule has 1 atom stereocenters. The van der Waals surface area contributed by atoms with Gasteiger partial charge in [0.05, 0.1) is 6.07 Å². The summed E-state index contributed by atoms with van der Waals surface area (Å²) in [5.74, 6) is 0. The minimum atomic E-state index is -0.0726. The molecule has 0 amide bonds. The van der Waals surface area contributed by atoms with Crippen molar-refractivity contribution < 1.29 is 0 Å². The van der Waals surface area contributed by atoms with Gasteiger partial charge in [0.2, 0.25) is 0 Å². The van der Waals surface area contributed by atoms with Gasteiger partial charge in [-0.3, -0.25) is 4.90 Å². The molecule has 3 rings (SSSR count). The van der Waals surface area contributed by atoms with Crippen molar-refractivity contribution in [3.05, 3.63) is 35.9 Å². The maximum atomic E-state index is 9.43. The molecular weight excluding hydrogens is 222 g/mol. The van der Waals surface area contributed by atoms with E-state index in [-0.39, 0.29) is 6.04 Å². The van der Waals surface area contributed by atoms with Crippen molar-refractivity contribution in [3.63, 3.8) is 0 Å². The minimum absolute atomic E-state index is 0.0726. The molecular formula is C15H19N3. The zero-order valence-corrected chi connectivity index (χ0v) is 10.6. The predicted molar refractivity (Wildman–Crippen MR) is 70.9 cm³/mol. The molecule has 2 aliphatic heterocycles. The second-order valence-corrected chi connectivity index (χ2v) is 5.58. The maximum absolute atomic E-state index is 9.43. The van der Waals surface area contributed by atoms with Gasteiger partial charge >= 0.3 is 0 Å². The van der Waals surface area contributed by atoms with Crippen LogP contribution in [0.5, 0.6) is 0 Å². The van der Waals surface area contributed by atoms with Crippen molar-refractivity contribution in [1.82, 2.24) is 10.2 Å². The zero-order chi connectivity index (χ0) is 12.4. The molecule has 2 fully saturated rings. The number of hydrogen-bond donors (Lipinski definition) is 1. The number of nitrogens with one attached hydrogen (secondary N) is 1. The van der Waals surface area contributed by atoms with Gasteiger partial charge in [-0.2, -0.15) is 5.26 Å². The highest BCUT2D eigenvalue weighted by molar-refractivity contribution is 5.24. The van der Waals surface area contributed by atoms with Crippen LogP contribution in [0, 0.1) is 16.7 Å². The van der Waals surface area contributed by atoms with Gasteiger partial charge in [0, 0.05) is 26.2 Å². The summed E-state index contributed by atoms with van der Waals surface area (Å²) in [6, 6.07) is 12.5. The number of nitriles is 1. The minimum Gasteiger partial charge on any atom is -0.316 e. The van der Waals surface area contributed by atoms with E-state index in [1.807, 2.05) is 18.2 Å². The molecule has 1 aromatic carbocycles. The van der Waals surface area contributed by atoms with E-state index in [9.17, 15) is 5.26 Å². The average molecular weight is 241 g/mol. The first-order valence-corrected chi connectivity index (χ1v) is 6.72. The SMILES string of the molecule is N#CC(c1ccccc1)N1CCC2(CC1)CNC2. The quantitative estimate of drug-likeness (QED) is 0.860. The molecule has 2 aliphatic rings. The molecule has 2 saturated heterocycles. The number of benzene rings is 1. The molecule has 0 bridgehead atoms. The largest absolute Gasteiger partial charge is 0.316 e. The van der Waals surface area contributed by atoms with Gasteiger partial charge in [0.15, 0.2) is 0 Å². The monoisotopic (exact) mass is 241 g/mol. The predicted octanol–water partition coefficient (Wildman–Crippen LogP) is 1.94. The van der Waals surface area contributed by atoms with Crippen molar-refractivity contribution in [3.8, 4) is 6.07 Å². The van der Waals surface area contributed by atoms with Crippen molar-refractivity contribution in [1.29, 1.82) is 5.26 Å². The summed E-state index contributed by atoms with van der Waals surface area (Å²) in [7, 11) is 0. The lowest BCUT2D eigenvalue weighted by atomic mass is 9.73. The Bertz CT molecular complexity index is 435. The molecule has 18 heavy (non-hydrogen) atoms. The number of piperidine rings is 1. The van der Waals surface area contributed by atoms with E-state index in [1.54, 1.807) is 0 Å². The maximum Gasteiger partial charge on any atom is 0.123 e. The first kappa shape index (κ1) is 11.7. The molecule has 0 aromatic heterocycles. The van der Waals surface area contributed by atoms with Crippen LogP contribution in [0.3, 0.4) is 0 Å². The molecule has 1 unspecified atom stereocenters. The summed E-state index contributed by atoms with van der Waals surface area (Å²) in [5.41, 5.74) is 1.68. The third kappa shape index (κ3) is 2.03. The molecule has 1 aromatic rings. The van der Waals surface area contributed by atoms with Crippen LogP contribution < -0.4 is 5.32 Å². The van der Waals surface area contributed by atoms with E-state index >= 15 is 0 Å². The van der Waals surface area contributed by atoms with Crippen LogP contribution in [0.2, 0.25) is 0 Å². The fraction of sp³-hybridized carbons (Fsp3) is 0.533. The van der Waals surface area contributed by atoms with Crippen LogP contribution in [-0.2, 0) is 0 Å². The molecule has 2 heterocycles. The smallest absolute Gasteiger partial charge is 0.123 e. The second kappa shape index (κ2) is 4.72. The van der Waals surface area contributed by atoms with E-state index in [1.165, 1.54) is 25.9 Å². The van der Waals surface area contributed by atoms with E-state index < -0.39 is 0 Å². The molecule has 1 spiro atoms. The molecule has 0 radical (unpaired) electrons. The van der Waals surface area contributed by atoms with Gasteiger partial charge in [-0.05, 0) is 23.8 Å². The first-order valence-electron chi connectivity index (χ1n) is 6.72. The summed E-state index contributed by atoms with van der Waals surface area (Å²) < 4.78 is 0. The Balaban J connectivity index is 1.69. The van der Waals surface area contributed by atoms with Crippen LogP contribution in [0.25, 0.3) is 0 Å². The van der Waals surface area contributed by atoms with Crippen LogP contribution in [0.1, 0.15) is 24.4 Å². The van der Waals surface area contributed by atoms with Gasteiger partial charge in [0.25, 0.3) is 0 Å². The van der Waals surface area contributed by atoms with Crippen molar-refractivity contribution in [2.75, 3.05) is 26.2 Å². The summed E-state index contributed by atoms with van der Waals surface area (Å²) in [6.45, 7) is 4.44. The van der Waals surface area contributed by atoms with Crippen LogP contribution in [0.4, 0.5) is 0 Å². The second-order valence-electron chi connectivity index (χ2n) is 5.58. The fourth-order valence-electron chi connectivity index (χ4n) is 3.09. The number of likely N-dealkylation sites (tertiary alicyclic amines) is 1. The summed E-state index contributed by atoms with van der Waals surface area (Å²) in [4.78, 5) is 2.33. The summed E-state index contributed by atoms with van der Waals surface area (Å²) in [5, 5.41) is 12.8.